The summed E-state index contributed by atoms with van der Waals surface area (Å²) in [7, 11) is 6.16. The molecule has 0 radical (unpaired) electrons. The van der Waals surface area contributed by atoms with Gasteiger partial charge in [-0.2, -0.15) is 0 Å². The van der Waals surface area contributed by atoms with E-state index >= 15 is 0 Å². The summed E-state index contributed by atoms with van der Waals surface area (Å²) < 4.78 is 9.77. The van der Waals surface area contributed by atoms with Crippen molar-refractivity contribution in [1.29, 1.82) is 0 Å². The van der Waals surface area contributed by atoms with Crippen molar-refractivity contribution >= 4 is 23.8 Å². The summed E-state index contributed by atoms with van der Waals surface area (Å²) in [5.74, 6) is -1.08. The van der Waals surface area contributed by atoms with Gasteiger partial charge in [-0.25, -0.2) is 0 Å². The normalized spacial score (nSPS) is 14.2. The zero-order valence-electron chi connectivity index (χ0n) is 26.4. The van der Waals surface area contributed by atoms with Crippen molar-refractivity contribution in [3.8, 4) is 0 Å². The Bertz CT molecular complexity index is 775. The van der Waals surface area contributed by atoms with Crippen molar-refractivity contribution in [2.75, 3.05) is 47.9 Å². The molecule has 0 rings (SSSR count). The quantitative estimate of drug-likeness (QED) is 0.207. The highest BCUT2D eigenvalue weighted by atomic mass is 16.5. The van der Waals surface area contributed by atoms with Gasteiger partial charge in [-0.15, -0.1) is 0 Å². The van der Waals surface area contributed by atoms with E-state index in [4.69, 9.17) is 9.47 Å². The first-order chi connectivity index (χ1) is 17.9. The van der Waals surface area contributed by atoms with Crippen LogP contribution in [-0.2, 0) is 28.7 Å². The molecule has 39 heavy (non-hydrogen) atoms. The summed E-state index contributed by atoms with van der Waals surface area (Å²) in [6.45, 7) is 16.2. The minimum absolute atomic E-state index is 0.0231. The van der Waals surface area contributed by atoms with Gasteiger partial charge in [0.25, 0.3) is 0 Å². The number of carbonyl (C=O) groups is 4. The fourth-order valence-corrected chi connectivity index (χ4v) is 3.68. The van der Waals surface area contributed by atoms with E-state index in [0.717, 1.165) is 25.7 Å². The Kier molecular flexibility index (Phi) is 16.5. The Labute approximate surface area is 236 Å². The number of esters is 2. The van der Waals surface area contributed by atoms with Crippen LogP contribution in [0.2, 0.25) is 0 Å². The summed E-state index contributed by atoms with van der Waals surface area (Å²) in [6.07, 6.45) is 3.60. The zero-order chi connectivity index (χ0) is 30.4. The molecule has 10 heteroatoms. The van der Waals surface area contributed by atoms with E-state index in [9.17, 15) is 19.2 Å². The van der Waals surface area contributed by atoms with Crippen molar-refractivity contribution in [3.63, 3.8) is 0 Å². The summed E-state index contributed by atoms with van der Waals surface area (Å²) >= 11 is 0. The fraction of sp³-hybridized carbons (Fsp3) is 0.862. The number of methoxy groups -OCH3 is 2. The molecule has 0 aromatic carbocycles. The summed E-state index contributed by atoms with van der Waals surface area (Å²) in [4.78, 5) is 53.1. The number of rotatable bonds is 17. The number of hydrogen-bond donors (Lipinski definition) is 2. The van der Waals surface area contributed by atoms with Gasteiger partial charge < -0.3 is 29.9 Å². The maximum absolute atomic E-state index is 12.7. The average molecular weight is 557 g/mol. The van der Waals surface area contributed by atoms with Crippen molar-refractivity contribution in [2.45, 2.75) is 105 Å². The lowest BCUT2D eigenvalue weighted by atomic mass is 9.87. The average Bonchev–Trinajstić information content (AvgIpc) is 2.85. The second-order valence-corrected chi connectivity index (χ2v) is 12.8. The van der Waals surface area contributed by atoms with Crippen LogP contribution in [0, 0.1) is 10.8 Å². The molecule has 228 valence electrons. The molecular formula is C29H56N4O6. The highest BCUT2D eigenvalue weighted by molar-refractivity contribution is 5.85. The molecular weight excluding hydrogens is 500 g/mol. The van der Waals surface area contributed by atoms with Gasteiger partial charge in [0, 0.05) is 39.8 Å². The Hall–Kier alpha value is -2.20. The van der Waals surface area contributed by atoms with Crippen molar-refractivity contribution in [3.05, 3.63) is 0 Å². The molecule has 3 atom stereocenters. The first-order valence-electron chi connectivity index (χ1n) is 14.1. The maximum Gasteiger partial charge on any atom is 0.323 e. The lowest BCUT2D eigenvalue weighted by Gasteiger charge is -2.31. The monoisotopic (exact) mass is 556 g/mol. The van der Waals surface area contributed by atoms with Crippen LogP contribution >= 0.6 is 0 Å². The molecule has 0 saturated heterocycles. The molecule has 0 aromatic heterocycles. The first-order valence-corrected chi connectivity index (χ1v) is 14.1. The van der Waals surface area contributed by atoms with Gasteiger partial charge in [0.15, 0.2) is 0 Å². The number of nitrogens with one attached hydrogen (secondary N) is 2. The molecule has 10 nitrogen and oxygen atoms in total. The summed E-state index contributed by atoms with van der Waals surface area (Å²) in [6, 6.07) is -1.33. The Morgan fingerprint density at radius 2 is 1.13 bits per heavy atom. The van der Waals surface area contributed by atoms with E-state index in [1.54, 1.807) is 23.9 Å². The molecule has 0 saturated carbocycles. The predicted molar refractivity (Wildman–Crippen MR) is 154 cm³/mol. The van der Waals surface area contributed by atoms with Crippen molar-refractivity contribution < 1.29 is 28.7 Å². The van der Waals surface area contributed by atoms with Crippen LogP contribution in [0.15, 0.2) is 0 Å². The largest absolute Gasteiger partial charge is 0.468 e. The molecule has 2 N–H and O–H groups in total. The zero-order valence-corrected chi connectivity index (χ0v) is 26.4. The molecule has 0 aliphatic rings. The van der Waals surface area contributed by atoms with Crippen LogP contribution in [0.25, 0.3) is 0 Å². The molecule has 0 spiro atoms. The smallest absolute Gasteiger partial charge is 0.323 e. The molecule has 0 aromatic rings. The van der Waals surface area contributed by atoms with Gasteiger partial charge in [0.05, 0.1) is 27.1 Å². The topological polar surface area (TPSA) is 117 Å². The van der Waals surface area contributed by atoms with Gasteiger partial charge in [-0.1, -0.05) is 54.4 Å². The first kappa shape index (κ1) is 36.8. The van der Waals surface area contributed by atoms with Gasteiger partial charge in [-0.3, -0.25) is 19.2 Å². The number of ether oxygens (including phenoxy) is 2. The number of nitrogens with zero attached hydrogens (tertiary/aromatic N) is 2. The minimum Gasteiger partial charge on any atom is -0.468 e. The van der Waals surface area contributed by atoms with E-state index in [0.29, 0.717) is 19.6 Å². The van der Waals surface area contributed by atoms with Gasteiger partial charge in [0.2, 0.25) is 11.8 Å². The number of amides is 2. The van der Waals surface area contributed by atoms with Crippen LogP contribution in [0.5, 0.6) is 0 Å². The lowest BCUT2D eigenvalue weighted by Crippen LogP contribution is -2.50. The predicted octanol–water partition coefficient (Wildman–Crippen LogP) is 2.99. The molecule has 0 aliphatic carbocycles. The standard InChI is InChI=1S/C29H56N4O6/c1-21(29(5,6)7)31-23(27(37)39-11)19-25(35)33(9)17-15-13-12-14-16-32(8)24(34)18-22(26(36)38-10)30-20-28(2,3)4/h21-23,30-31H,12-20H2,1-11H3. The number of hydrogen-bond acceptors (Lipinski definition) is 8. The second kappa shape index (κ2) is 17.5. The van der Waals surface area contributed by atoms with Crippen LogP contribution in [0.1, 0.15) is 87.0 Å². The second-order valence-electron chi connectivity index (χ2n) is 12.8. The van der Waals surface area contributed by atoms with Crippen LogP contribution in [0.4, 0.5) is 0 Å². The summed E-state index contributed by atoms with van der Waals surface area (Å²) in [5.41, 5.74) is -0.0865. The Morgan fingerprint density at radius 3 is 1.51 bits per heavy atom. The van der Waals surface area contributed by atoms with Crippen LogP contribution in [-0.4, -0.2) is 99.6 Å². The fourth-order valence-electron chi connectivity index (χ4n) is 3.68. The van der Waals surface area contributed by atoms with Gasteiger partial charge >= 0.3 is 11.9 Å². The van der Waals surface area contributed by atoms with Crippen molar-refractivity contribution in [2.24, 2.45) is 10.8 Å². The van der Waals surface area contributed by atoms with Gasteiger partial charge in [-0.05, 0) is 30.6 Å². The molecule has 3 unspecified atom stereocenters. The third kappa shape index (κ3) is 15.8. The summed E-state index contributed by atoms with van der Waals surface area (Å²) in [5, 5.41) is 6.40. The highest BCUT2D eigenvalue weighted by Gasteiger charge is 2.30. The van der Waals surface area contributed by atoms with E-state index in [-0.39, 0.29) is 41.5 Å². The maximum atomic E-state index is 12.7. The van der Waals surface area contributed by atoms with Gasteiger partial charge in [0.1, 0.15) is 12.1 Å². The molecule has 0 heterocycles. The van der Waals surface area contributed by atoms with E-state index in [1.807, 2.05) is 6.92 Å². The highest BCUT2D eigenvalue weighted by Crippen LogP contribution is 2.20. The van der Waals surface area contributed by atoms with E-state index < -0.39 is 24.0 Å². The third-order valence-corrected chi connectivity index (χ3v) is 6.95. The Morgan fingerprint density at radius 1 is 0.718 bits per heavy atom. The Balaban J connectivity index is 4.49. The number of carbonyl (C=O) groups excluding carboxylic acids is 4. The number of unbranched alkanes of at least 4 members (excludes halogenated alkanes) is 3. The van der Waals surface area contributed by atoms with Crippen molar-refractivity contribution in [1.82, 2.24) is 20.4 Å². The van der Waals surface area contributed by atoms with E-state index in [2.05, 4.69) is 52.2 Å². The molecule has 0 bridgehead atoms. The molecule has 0 aliphatic heterocycles. The lowest BCUT2D eigenvalue weighted by molar-refractivity contribution is -0.146. The third-order valence-electron chi connectivity index (χ3n) is 6.95. The van der Waals surface area contributed by atoms with Crippen LogP contribution in [0.3, 0.4) is 0 Å². The molecule has 0 fully saturated rings. The van der Waals surface area contributed by atoms with E-state index in [1.165, 1.54) is 14.2 Å². The molecule has 2 amide bonds. The SMILES string of the molecule is COC(=O)C(CC(=O)N(C)CCCCCCN(C)C(=O)CC(NC(C)C(C)(C)C)C(=O)OC)NCC(C)(C)C. The minimum atomic E-state index is -0.685. The van der Waals surface area contributed by atoms with Crippen LogP contribution < -0.4 is 10.6 Å².